The number of nitrogens with zero attached hydrogens (tertiary/aromatic N) is 2. The summed E-state index contributed by atoms with van der Waals surface area (Å²) in [5.74, 6) is -0.968. The van der Waals surface area contributed by atoms with Crippen LogP contribution >= 0.6 is 0 Å². The lowest BCUT2D eigenvalue weighted by Crippen LogP contribution is -2.38. The molecule has 0 spiro atoms. The zero-order chi connectivity index (χ0) is 19.0. The molecule has 1 aromatic carbocycles. The van der Waals surface area contributed by atoms with Crippen LogP contribution in [0.3, 0.4) is 0 Å². The van der Waals surface area contributed by atoms with Crippen molar-refractivity contribution >= 4 is 22.0 Å². The van der Waals surface area contributed by atoms with Gasteiger partial charge in [-0.3, -0.25) is 4.79 Å². The maximum Gasteiger partial charge on any atom is 0.317 e. The van der Waals surface area contributed by atoms with Gasteiger partial charge >= 0.3 is 12.0 Å². The van der Waals surface area contributed by atoms with E-state index >= 15 is 0 Å². The van der Waals surface area contributed by atoms with Crippen molar-refractivity contribution in [1.29, 1.82) is 0 Å². The van der Waals surface area contributed by atoms with Crippen LogP contribution in [0.1, 0.15) is 25.8 Å². The van der Waals surface area contributed by atoms with E-state index in [0.717, 1.165) is 5.56 Å². The van der Waals surface area contributed by atoms with Gasteiger partial charge in [-0.05, 0) is 17.7 Å². The van der Waals surface area contributed by atoms with Crippen LogP contribution in [0.25, 0.3) is 0 Å². The molecule has 1 rings (SSSR count). The van der Waals surface area contributed by atoms with Gasteiger partial charge in [-0.2, -0.15) is 4.31 Å². The predicted octanol–water partition coefficient (Wildman–Crippen LogP) is 1.33. The second-order valence-electron chi connectivity index (χ2n) is 5.46. The average Bonchev–Trinajstić information content (AvgIpc) is 2.58. The lowest BCUT2D eigenvalue weighted by Gasteiger charge is -2.19. The van der Waals surface area contributed by atoms with Crippen LogP contribution in [0.4, 0.5) is 4.79 Å². The van der Waals surface area contributed by atoms with Gasteiger partial charge in [0.2, 0.25) is 10.0 Å². The van der Waals surface area contributed by atoms with Crippen molar-refractivity contribution in [2.24, 2.45) is 0 Å². The fourth-order valence-electron chi connectivity index (χ4n) is 2.17. The number of carbonyl (C=O) groups is 2. The number of carboxylic acid groups (broad SMARTS) is 1. The van der Waals surface area contributed by atoms with Gasteiger partial charge in [0.05, 0.1) is 11.3 Å². The highest BCUT2D eigenvalue weighted by Gasteiger charge is 2.21. The van der Waals surface area contributed by atoms with Crippen LogP contribution in [-0.4, -0.2) is 61.4 Å². The molecule has 140 valence electrons. The first-order chi connectivity index (χ1) is 11.7. The topological polar surface area (TPSA) is 107 Å². The summed E-state index contributed by atoms with van der Waals surface area (Å²) >= 11 is 0. The third kappa shape index (κ3) is 6.02. The molecular formula is C16H25N3O5S. The Morgan fingerprint density at radius 1 is 1.12 bits per heavy atom. The van der Waals surface area contributed by atoms with Gasteiger partial charge in [-0.15, -0.1) is 0 Å². The highest BCUT2D eigenvalue weighted by Crippen LogP contribution is 2.16. The first kappa shape index (κ1) is 20.9. The van der Waals surface area contributed by atoms with Gasteiger partial charge in [0, 0.05) is 33.2 Å². The normalized spacial score (nSPS) is 11.4. The fourth-order valence-corrected chi connectivity index (χ4v) is 3.63. The molecule has 2 amide bonds. The summed E-state index contributed by atoms with van der Waals surface area (Å²) in [5, 5.41) is 11.3. The van der Waals surface area contributed by atoms with Crippen molar-refractivity contribution in [3.05, 3.63) is 29.8 Å². The van der Waals surface area contributed by atoms with E-state index in [2.05, 4.69) is 5.32 Å². The number of nitrogens with one attached hydrogen (secondary N) is 1. The smallest absolute Gasteiger partial charge is 0.317 e. The molecule has 0 radical (unpaired) electrons. The van der Waals surface area contributed by atoms with Gasteiger partial charge in [0.15, 0.2) is 0 Å². The molecule has 0 unspecified atom stereocenters. The Balaban J connectivity index is 2.66. The summed E-state index contributed by atoms with van der Waals surface area (Å²) in [6.07, 6.45) is -0.123. The minimum Gasteiger partial charge on any atom is -0.481 e. The molecule has 25 heavy (non-hydrogen) atoms. The Morgan fingerprint density at radius 3 is 2.16 bits per heavy atom. The van der Waals surface area contributed by atoms with Gasteiger partial charge in [0.25, 0.3) is 0 Å². The first-order valence-electron chi connectivity index (χ1n) is 8.02. The van der Waals surface area contributed by atoms with E-state index in [4.69, 9.17) is 5.11 Å². The van der Waals surface area contributed by atoms with Crippen molar-refractivity contribution in [1.82, 2.24) is 14.5 Å². The second kappa shape index (κ2) is 9.38. The summed E-state index contributed by atoms with van der Waals surface area (Å²) in [6, 6.07) is 5.94. The van der Waals surface area contributed by atoms with Gasteiger partial charge in [0.1, 0.15) is 0 Å². The lowest BCUT2D eigenvalue weighted by molar-refractivity contribution is -0.137. The second-order valence-corrected chi connectivity index (χ2v) is 7.40. The predicted molar refractivity (Wildman–Crippen MR) is 93.7 cm³/mol. The van der Waals surface area contributed by atoms with E-state index in [9.17, 15) is 18.0 Å². The van der Waals surface area contributed by atoms with Crippen LogP contribution < -0.4 is 5.32 Å². The molecule has 0 aliphatic heterocycles. The molecule has 1 aromatic rings. The largest absolute Gasteiger partial charge is 0.481 e. The van der Waals surface area contributed by atoms with E-state index in [1.54, 1.807) is 26.0 Å². The molecule has 2 N–H and O–H groups in total. The highest BCUT2D eigenvalue weighted by atomic mass is 32.2. The SMILES string of the molecule is CCN(CC)S(=O)(=O)c1ccc(CNC(=O)N(C)CCC(=O)O)cc1. The molecule has 0 aromatic heterocycles. The summed E-state index contributed by atoms with van der Waals surface area (Å²) in [7, 11) is -1.98. The fraction of sp³-hybridized carbons (Fsp3) is 0.500. The van der Waals surface area contributed by atoms with E-state index in [0.29, 0.717) is 13.1 Å². The van der Waals surface area contributed by atoms with Gasteiger partial charge in [-0.25, -0.2) is 13.2 Å². The Labute approximate surface area is 148 Å². The number of hydrogen-bond donors (Lipinski definition) is 2. The third-order valence-electron chi connectivity index (χ3n) is 3.72. The van der Waals surface area contributed by atoms with Crippen LogP contribution in [0, 0.1) is 0 Å². The van der Waals surface area contributed by atoms with Crippen LogP contribution in [-0.2, 0) is 21.4 Å². The third-order valence-corrected chi connectivity index (χ3v) is 5.78. The lowest BCUT2D eigenvalue weighted by atomic mass is 10.2. The molecule has 0 atom stereocenters. The quantitative estimate of drug-likeness (QED) is 0.681. The zero-order valence-electron chi connectivity index (χ0n) is 14.7. The number of amides is 2. The monoisotopic (exact) mass is 371 g/mol. The molecule has 8 nitrogen and oxygen atoms in total. The molecule has 0 heterocycles. The minimum absolute atomic E-state index is 0.113. The van der Waals surface area contributed by atoms with Crippen molar-refractivity contribution in [3.8, 4) is 0 Å². The van der Waals surface area contributed by atoms with E-state index in [1.807, 2.05) is 0 Å². The first-order valence-corrected chi connectivity index (χ1v) is 9.46. The van der Waals surface area contributed by atoms with Crippen LogP contribution in [0.2, 0.25) is 0 Å². The maximum absolute atomic E-state index is 12.4. The van der Waals surface area contributed by atoms with E-state index < -0.39 is 16.0 Å². The number of aliphatic carboxylic acids is 1. The van der Waals surface area contributed by atoms with Gasteiger partial charge in [-0.1, -0.05) is 26.0 Å². The van der Waals surface area contributed by atoms with Crippen molar-refractivity contribution < 1.29 is 23.1 Å². The van der Waals surface area contributed by atoms with Crippen LogP contribution in [0.15, 0.2) is 29.2 Å². The van der Waals surface area contributed by atoms with Crippen molar-refractivity contribution in [2.75, 3.05) is 26.7 Å². The molecule has 0 saturated heterocycles. The van der Waals surface area contributed by atoms with Crippen molar-refractivity contribution in [2.45, 2.75) is 31.7 Å². The Bertz CT molecular complexity index is 684. The molecule has 0 bridgehead atoms. The minimum atomic E-state index is -3.50. The number of rotatable bonds is 9. The number of carboxylic acids is 1. The Morgan fingerprint density at radius 2 is 1.68 bits per heavy atom. The Kier molecular flexibility index (Phi) is 7.85. The molecule has 0 fully saturated rings. The van der Waals surface area contributed by atoms with E-state index in [1.165, 1.54) is 28.4 Å². The number of benzene rings is 1. The number of sulfonamides is 1. The van der Waals surface area contributed by atoms with Crippen molar-refractivity contribution in [3.63, 3.8) is 0 Å². The molecule has 0 aliphatic carbocycles. The number of carbonyl (C=O) groups excluding carboxylic acids is 1. The average molecular weight is 371 g/mol. The summed E-state index contributed by atoms with van der Waals surface area (Å²) < 4.78 is 26.2. The molecule has 0 saturated carbocycles. The molecule has 9 heteroatoms. The summed E-state index contributed by atoms with van der Waals surface area (Å²) in [6.45, 7) is 4.71. The van der Waals surface area contributed by atoms with Crippen LogP contribution in [0.5, 0.6) is 0 Å². The molecular weight excluding hydrogens is 346 g/mol. The van der Waals surface area contributed by atoms with E-state index in [-0.39, 0.29) is 30.4 Å². The standard InChI is InChI=1S/C16H25N3O5S/c1-4-19(5-2)25(23,24)14-8-6-13(7-9-14)12-17-16(22)18(3)11-10-15(20)21/h6-9H,4-5,10-12H2,1-3H3,(H,17,22)(H,20,21). The number of hydrogen-bond acceptors (Lipinski definition) is 4. The maximum atomic E-state index is 12.4. The Hall–Kier alpha value is -2.13. The van der Waals surface area contributed by atoms with Gasteiger partial charge < -0.3 is 15.3 Å². The summed E-state index contributed by atoms with van der Waals surface area (Å²) in [5.41, 5.74) is 0.749. The zero-order valence-corrected chi connectivity index (χ0v) is 15.5. The summed E-state index contributed by atoms with van der Waals surface area (Å²) in [4.78, 5) is 23.8. The number of urea groups is 1. The molecule has 0 aliphatic rings. The highest BCUT2D eigenvalue weighted by molar-refractivity contribution is 7.89.